The third-order valence-corrected chi connectivity index (χ3v) is 8.52. The minimum absolute atomic E-state index is 0.358. The third-order valence-electron chi connectivity index (χ3n) is 5.69. The van der Waals surface area contributed by atoms with Crippen LogP contribution < -0.4 is 29.6 Å². The Morgan fingerprint density at radius 2 is 1.24 bits per heavy atom. The summed E-state index contributed by atoms with van der Waals surface area (Å²) in [5, 5.41) is 3.21. The van der Waals surface area contributed by atoms with E-state index < -0.39 is 7.92 Å². The Hall–Kier alpha value is -2.98. The van der Waals surface area contributed by atoms with Gasteiger partial charge in [0.15, 0.2) is 0 Å². The van der Waals surface area contributed by atoms with Crippen LogP contribution in [0.5, 0.6) is 17.2 Å². The van der Waals surface area contributed by atoms with Crippen LogP contribution in [0.25, 0.3) is 11.1 Å². The molecule has 0 fully saturated rings. The van der Waals surface area contributed by atoms with Gasteiger partial charge in [0, 0.05) is 16.2 Å². The molecule has 4 aromatic carbocycles. The van der Waals surface area contributed by atoms with E-state index >= 15 is 0 Å². The third kappa shape index (κ3) is 4.78. The summed E-state index contributed by atoms with van der Waals surface area (Å²) in [7, 11) is 2.29. The van der Waals surface area contributed by atoms with Crippen molar-refractivity contribution in [1.82, 2.24) is 0 Å². The van der Waals surface area contributed by atoms with E-state index in [1.54, 1.807) is 14.2 Å². The SMILES string of the molecule is CCc1cccc(OC)c1-c1ccccc1P(c1ccccc1OC)c1ccccc1OSO. The van der Waals surface area contributed by atoms with E-state index in [1.807, 2.05) is 48.5 Å². The van der Waals surface area contributed by atoms with E-state index in [-0.39, 0.29) is 0 Å². The fourth-order valence-corrected chi connectivity index (χ4v) is 7.11. The second-order valence-electron chi connectivity index (χ2n) is 7.50. The van der Waals surface area contributed by atoms with Crippen LogP contribution in [0.4, 0.5) is 0 Å². The average Bonchev–Trinajstić information content (AvgIpc) is 2.90. The van der Waals surface area contributed by atoms with Gasteiger partial charge in [-0.15, -0.1) is 0 Å². The molecule has 0 saturated heterocycles. The van der Waals surface area contributed by atoms with Crippen molar-refractivity contribution in [2.45, 2.75) is 13.3 Å². The molecule has 0 aliphatic carbocycles. The molecule has 0 radical (unpaired) electrons. The van der Waals surface area contributed by atoms with Crippen LogP contribution in [-0.4, -0.2) is 18.8 Å². The Bertz CT molecular complexity index is 1240. The highest BCUT2D eigenvalue weighted by molar-refractivity contribution is 7.89. The molecule has 0 aliphatic heterocycles. The van der Waals surface area contributed by atoms with Gasteiger partial charge in [-0.3, -0.25) is 4.55 Å². The maximum atomic E-state index is 9.50. The lowest BCUT2D eigenvalue weighted by atomic mass is 9.97. The van der Waals surface area contributed by atoms with E-state index in [0.29, 0.717) is 18.1 Å². The van der Waals surface area contributed by atoms with E-state index in [1.165, 1.54) is 5.56 Å². The standard InChI is InChI=1S/C28H27O4PS/c1-4-20-12-11-16-24(31-3)28(20)21-13-5-8-17-25(21)33(26-18-9-6-14-22(26)30-2)27-19-10-7-15-23(27)32-34-29/h5-19,29H,4H2,1-3H3. The highest BCUT2D eigenvalue weighted by Gasteiger charge is 2.27. The fraction of sp³-hybridized carbons (Fsp3) is 0.143. The van der Waals surface area contributed by atoms with Crippen molar-refractivity contribution < 1.29 is 18.2 Å². The summed E-state index contributed by atoms with van der Waals surface area (Å²) in [5.41, 5.74) is 3.43. The molecule has 1 atom stereocenters. The Labute approximate surface area is 206 Å². The normalized spacial score (nSPS) is 11.6. The maximum Gasteiger partial charge on any atom is 0.222 e. The first kappa shape index (κ1) is 24.2. The van der Waals surface area contributed by atoms with Crippen molar-refractivity contribution >= 4 is 36.2 Å². The molecule has 1 N–H and O–H groups in total. The number of aryl methyl sites for hydroxylation is 1. The molecule has 0 amide bonds. The second-order valence-corrected chi connectivity index (χ2v) is 9.93. The van der Waals surface area contributed by atoms with Gasteiger partial charge in [0.05, 0.1) is 14.2 Å². The van der Waals surface area contributed by atoms with Crippen LogP contribution in [0.15, 0.2) is 91.0 Å². The second kappa shape index (κ2) is 11.4. The molecule has 4 rings (SSSR count). The lowest BCUT2D eigenvalue weighted by Crippen LogP contribution is -2.24. The highest BCUT2D eigenvalue weighted by Crippen LogP contribution is 2.44. The molecule has 0 heterocycles. The first-order valence-electron chi connectivity index (χ1n) is 11.0. The minimum Gasteiger partial charge on any atom is -0.496 e. The van der Waals surface area contributed by atoms with Crippen molar-refractivity contribution in [3.05, 3.63) is 96.6 Å². The van der Waals surface area contributed by atoms with Gasteiger partial charge < -0.3 is 13.7 Å². The van der Waals surface area contributed by atoms with Gasteiger partial charge in [0.2, 0.25) is 12.3 Å². The molecule has 0 bridgehead atoms. The average molecular weight is 491 g/mol. The summed E-state index contributed by atoms with van der Waals surface area (Å²) in [6.07, 6.45) is 0.883. The molecule has 0 spiro atoms. The zero-order valence-electron chi connectivity index (χ0n) is 19.4. The predicted molar refractivity (Wildman–Crippen MR) is 144 cm³/mol. The first-order chi connectivity index (χ1) is 16.7. The van der Waals surface area contributed by atoms with Crippen LogP contribution in [0, 0.1) is 0 Å². The summed E-state index contributed by atoms with van der Waals surface area (Å²) in [4.78, 5) is 0. The van der Waals surface area contributed by atoms with Crippen molar-refractivity contribution in [1.29, 1.82) is 0 Å². The smallest absolute Gasteiger partial charge is 0.222 e. The van der Waals surface area contributed by atoms with E-state index in [2.05, 4.69) is 49.4 Å². The van der Waals surface area contributed by atoms with Gasteiger partial charge >= 0.3 is 0 Å². The number of hydrogen-bond acceptors (Lipinski definition) is 5. The quantitative estimate of drug-likeness (QED) is 0.224. The van der Waals surface area contributed by atoms with Crippen molar-refractivity contribution in [2.24, 2.45) is 0 Å². The van der Waals surface area contributed by atoms with Crippen LogP contribution in [0.2, 0.25) is 0 Å². The molecule has 4 aromatic rings. The molecule has 0 aliphatic rings. The predicted octanol–water partition coefficient (Wildman–Crippen LogP) is 6.19. The molecule has 6 heteroatoms. The molecule has 174 valence electrons. The maximum absolute atomic E-state index is 9.50. The lowest BCUT2D eigenvalue weighted by molar-refractivity contribution is 0.416. The van der Waals surface area contributed by atoms with Gasteiger partial charge in [-0.2, -0.15) is 0 Å². The van der Waals surface area contributed by atoms with Crippen LogP contribution >= 0.6 is 20.2 Å². The number of benzene rings is 4. The summed E-state index contributed by atoms with van der Waals surface area (Å²) in [6, 6.07) is 30.6. The molecular formula is C28H27O4PS. The summed E-state index contributed by atoms with van der Waals surface area (Å²) in [6.45, 7) is 2.16. The number of ether oxygens (including phenoxy) is 2. The van der Waals surface area contributed by atoms with Gasteiger partial charge in [0.1, 0.15) is 17.2 Å². The Kier molecular flexibility index (Phi) is 8.12. The fourth-order valence-electron chi connectivity index (χ4n) is 4.18. The zero-order valence-corrected chi connectivity index (χ0v) is 21.1. The largest absolute Gasteiger partial charge is 0.496 e. The van der Waals surface area contributed by atoms with E-state index in [0.717, 1.165) is 45.0 Å². The Morgan fingerprint density at radius 3 is 1.88 bits per heavy atom. The first-order valence-corrected chi connectivity index (χ1v) is 13.0. The number of para-hydroxylation sites is 2. The molecular weight excluding hydrogens is 463 g/mol. The van der Waals surface area contributed by atoms with Gasteiger partial charge in [-0.05, 0) is 49.0 Å². The highest BCUT2D eigenvalue weighted by atomic mass is 32.2. The molecule has 1 unspecified atom stereocenters. The van der Waals surface area contributed by atoms with Gasteiger partial charge in [-0.1, -0.05) is 79.7 Å². The topological polar surface area (TPSA) is 47.9 Å². The number of methoxy groups -OCH3 is 2. The Balaban J connectivity index is 2.06. The number of hydrogen-bond donors (Lipinski definition) is 1. The van der Waals surface area contributed by atoms with Crippen molar-refractivity contribution in [3.63, 3.8) is 0 Å². The summed E-state index contributed by atoms with van der Waals surface area (Å²) in [5.74, 6) is 2.28. The molecule has 4 nitrogen and oxygen atoms in total. The van der Waals surface area contributed by atoms with Crippen molar-refractivity contribution in [3.8, 4) is 28.4 Å². The van der Waals surface area contributed by atoms with Crippen LogP contribution in [0.3, 0.4) is 0 Å². The Morgan fingerprint density at radius 1 is 0.676 bits per heavy atom. The zero-order chi connectivity index (χ0) is 23.9. The summed E-state index contributed by atoms with van der Waals surface area (Å²) >= 11 is 0.358. The lowest BCUT2D eigenvalue weighted by Gasteiger charge is -2.26. The molecule has 34 heavy (non-hydrogen) atoms. The summed E-state index contributed by atoms with van der Waals surface area (Å²) < 4.78 is 26.7. The monoisotopic (exact) mass is 490 g/mol. The van der Waals surface area contributed by atoms with E-state index in [4.69, 9.17) is 13.7 Å². The van der Waals surface area contributed by atoms with Crippen molar-refractivity contribution in [2.75, 3.05) is 14.2 Å². The molecule has 0 aromatic heterocycles. The van der Waals surface area contributed by atoms with E-state index in [9.17, 15) is 4.55 Å². The van der Waals surface area contributed by atoms with Gasteiger partial charge in [-0.25, -0.2) is 0 Å². The molecule has 0 saturated carbocycles. The minimum atomic E-state index is -1.11. The van der Waals surface area contributed by atoms with Crippen LogP contribution in [0.1, 0.15) is 12.5 Å². The van der Waals surface area contributed by atoms with Crippen LogP contribution in [-0.2, 0) is 6.42 Å². The number of rotatable bonds is 9. The van der Waals surface area contributed by atoms with Gasteiger partial charge in [0.25, 0.3) is 0 Å².